The molecule has 3 rings (SSSR count). The third-order valence-electron chi connectivity index (χ3n) is 5.06. The van der Waals surface area contributed by atoms with Gasteiger partial charge in [-0.15, -0.1) is 0 Å². The van der Waals surface area contributed by atoms with Crippen molar-refractivity contribution in [2.45, 2.75) is 31.8 Å². The second-order valence-electron chi connectivity index (χ2n) is 7.69. The normalized spacial score (nSPS) is 11.9. The summed E-state index contributed by atoms with van der Waals surface area (Å²) >= 11 is 0. The molecule has 0 heterocycles. The molecule has 9 heteroatoms. The summed E-state index contributed by atoms with van der Waals surface area (Å²) in [5.41, 5.74) is 2.75. The number of para-hydroxylation sites is 1. The number of hydrogen-bond acceptors (Lipinski definition) is 6. The molecule has 3 aromatic carbocycles. The first-order valence-electron chi connectivity index (χ1n) is 10.5. The van der Waals surface area contributed by atoms with Crippen molar-refractivity contribution in [2.24, 2.45) is 0 Å². The van der Waals surface area contributed by atoms with E-state index in [-0.39, 0.29) is 10.5 Å². The lowest BCUT2D eigenvalue weighted by Crippen LogP contribution is -2.30. The average molecular weight is 483 g/mol. The fourth-order valence-electron chi connectivity index (χ4n) is 3.10. The highest BCUT2D eigenvalue weighted by Crippen LogP contribution is 2.25. The first kappa shape index (κ1) is 24.8. The number of rotatable bonds is 8. The number of methoxy groups -OCH3 is 1. The Kier molecular flexibility index (Phi) is 7.57. The lowest BCUT2D eigenvalue weighted by Gasteiger charge is -2.16. The number of benzene rings is 3. The van der Waals surface area contributed by atoms with E-state index in [2.05, 4.69) is 10.0 Å². The van der Waals surface area contributed by atoms with Crippen LogP contribution in [-0.2, 0) is 19.6 Å². The molecular formula is C25H26N2O6S. The molecule has 0 aliphatic carbocycles. The van der Waals surface area contributed by atoms with E-state index in [1.807, 2.05) is 19.1 Å². The van der Waals surface area contributed by atoms with Crippen LogP contribution >= 0.6 is 0 Å². The largest absolute Gasteiger partial charge is 0.495 e. The zero-order valence-corrected chi connectivity index (χ0v) is 20.1. The van der Waals surface area contributed by atoms with E-state index < -0.39 is 28.0 Å². The van der Waals surface area contributed by atoms with Gasteiger partial charge in [-0.1, -0.05) is 24.3 Å². The van der Waals surface area contributed by atoms with Gasteiger partial charge >= 0.3 is 5.97 Å². The number of carbonyl (C=O) groups excluding carboxylic acids is 2. The molecule has 0 aliphatic heterocycles. The molecule has 34 heavy (non-hydrogen) atoms. The standard InChI is InChI=1S/C25H26N2O6S/c1-16-9-14-23(32-4)22(15-16)26-24(28)18(3)33-25(29)19-10-12-20(13-11-19)34(30,31)27-21-8-6-5-7-17(21)2/h5-15,18,27H,1-4H3,(H,26,28). The first-order chi connectivity index (χ1) is 16.1. The van der Waals surface area contributed by atoms with Gasteiger partial charge in [0, 0.05) is 0 Å². The van der Waals surface area contributed by atoms with Crippen LogP contribution in [0.5, 0.6) is 5.75 Å². The van der Waals surface area contributed by atoms with Gasteiger partial charge in [-0.3, -0.25) is 9.52 Å². The summed E-state index contributed by atoms with van der Waals surface area (Å²) in [6, 6.07) is 17.6. The number of carbonyl (C=O) groups is 2. The molecule has 0 spiro atoms. The third-order valence-corrected chi connectivity index (χ3v) is 6.44. The van der Waals surface area contributed by atoms with Crippen molar-refractivity contribution >= 4 is 33.3 Å². The summed E-state index contributed by atoms with van der Waals surface area (Å²) in [6.45, 7) is 5.11. The Hall–Kier alpha value is -3.85. The highest BCUT2D eigenvalue weighted by Gasteiger charge is 2.21. The molecule has 8 nitrogen and oxygen atoms in total. The van der Waals surface area contributed by atoms with E-state index in [0.717, 1.165) is 11.1 Å². The Morgan fingerprint density at radius 1 is 0.912 bits per heavy atom. The molecule has 3 aromatic rings. The van der Waals surface area contributed by atoms with Crippen molar-refractivity contribution in [1.29, 1.82) is 0 Å². The number of ether oxygens (including phenoxy) is 2. The number of aryl methyl sites for hydroxylation is 2. The number of nitrogens with one attached hydrogen (secondary N) is 2. The van der Waals surface area contributed by atoms with Crippen LogP contribution in [0.4, 0.5) is 11.4 Å². The number of hydrogen-bond donors (Lipinski definition) is 2. The van der Waals surface area contributed by atoms with Gasteiger partial charge in [-0.05, 0) is 74.4 Å². The van der Waals surface area contributed by atoms with Gasteiger partial charge in [0.15, 0.2) is 6.10 Å². The third kappa shape index (κ3) is 5.93. The molecule has 0 bridgehead atoms. The van der Waals surface area contributed by atoms with E-state index in [9.17, 15) is 18.0 Å². The second kappa shape index (κ2) is 10.4. The van der Waals surface area contributed by atoms with E-state index in [1.54, 1.807) is 37.3 Å². The minimum absolute atomic E-state index is 0.00960. The Morgan fingerprint density at radius 2 is 1.59 bits per heavy atom. The molecule has 0 radical (unpaired) electrons. The summed E-state index contributed by atoms with van der Waals surface area (Å²) in [7, 11) is -2.35. The fraction of sp³-hybridized carbons (Fsp3) is 0.200. The van der Waals surface area contributed by atoms with E-state index >= 15 is 0 Å². The first-order valence-corrected chi connectivity index (χ1v) is 11.9. The molecule has 0 aliphatic rings. The average Bonchev–Trinajstić information content (AvgIpc) is 2.80. The quantitative estimate of drug-likeness (QED) is 0.463. The van der Waals surface area contributed by atoms with Gasteiger partial charge in [0.1, 0.15) is 5.75 Å². The van der Waals surface area contributed by atoms with Crippen LogP contribution in [0.15, 0.2) is 71.6 Å². The molecule has 1 unspecified atom stereocenters. The monoisotopic (exact) mass is 482 g/mol. The van der Waals surface area contributed by atoms with Crippen molar-refractivity contribution in [3.8, 4) is 5.75 Å². The van der Waals surface area contributed by atoms with Gasteiger partial charge in [0.05, 0.1) is 28.9 Å². The smallest absolute Gasteiger partial charge is 0.338 e. The van der Waals surface area contributed by atoms with Gasteiger partial charge in [0.25, 0.3) is 15.9 Å². The van der Waals surface area contributed by atoms with Crippen LogP contribution in [0.25, 0.3) is 0 Å². The summed E-state index contributed by atoms with van der Waals surface area (Å²) in [6.07, 6.45) is -1.09. The number of amides is 1. The topological polar surface area (TPSA) is 111 Å². The molecule has 0 saturated heterocycles. The summed E-state index contributed by atoms with van der Waals surface area (Å²) in [5, 5.41) is 2.69. The van der Waals surface area contributed by atoms with Crippen LogP contribution in [0.3, 0.4) is 0 Å². The van der Waals surface area contributed by atoms with E-state index in [1.165, 1.54) is 38.3 Å². The van der Waals surface area contributed by atoms with Crippen molar-refractivity contribution in [1.82, 2.24) is 0 Å². The number of sulfonamides is 1. The minimum atomic E-state index is -3.84. The van der Waals surface area contributed by atoms with Crippen LogP contribution < -0.4 is 14.8 Å². The highest BCUT2D eigenvalue weighted by atomic mass is 32.2. The van der Waals surface area contributed by atoms with Crippen molar-refractivity contribution in [2.75, 3.05) is 17.1 Å². The summed E-state index contributed by atoms with van der Waals surface area (Å²) < 4.78 is 38.3. The molecule has 0 saturated carbocycles. The van der Waals surface area contributed by atoms with Gasteiger partial charge in [0.2, 0.25) is 0 Å². The molecule has 178 valence electrons. The van der Waals surface area contributed by atoms with Crippen molar-refractivity contribution in [3.63, 3.8) is 0 Å². The lowest BCUT2D eigenvalue weighted by molar-refractivity contribution is -0.123. The van der Waals surface area contributed by atoms with Crippen molar-refractivity contribution < 1.29 is 27.5 Å². The predicted molar refractivity (Wildman–Crippen MR) is 130 cm³/mol. The van der Waals surface area contributed by atoms with Crippen molar-refractivity contribution in [3.05, 3.63) is 83.4 Å². The second-order valence-corrected chi connectivity index (χ2v) is 9.37. The minimum Gasteiger partial charge on any atom is -0.495 e. The Labute approximate surface area is 199 Å². The maximum absolute atomic E-state index is 12.7. The summed E-state index contributed by atoms with van der Waals surface area (Å²) in [5.74, 6) is -0.804. The zero-order valence-electron chi connectivity index (χ0n) is 19.3. The van der Waals surface area contributed by atoms with Gasteiger partial charge < -0.3 is 14.8 Å². The van der Waals surface area contributed by atoms with Crippen LogP contribution in [-0.4, -0.2) is 33.5 Å². The maximum Gasteiger partial charge on any atom is 0.338 e. The maximum atomic E-state index is 12.7. The van der Waals surface area contributed by atoms with Crippen LogP contribution in [0.1, 0.15) is 28.4 Å². The molecule has 0 fully saturated rings. The van der Waals surface area contributed by atoms with Crippen LogP contribution in [0.2, 0.25) is 0 Å². The van der Waals surface area contributed by atoms with E-state index in [4.69, 9.17) is 9.47 Å². The van der Waals surface area contributed by atoms with Gasteiger partial charge in [-0.2, -0.15) is 0 Å². The molecule has 1 atom stereocenters. The van der Waals surface area contributed by atoms with Gasteiger partial charge in [-0.25, -0.2) is 13.2 Å². The molecule has 2 N–H and O–H groups in total. The number of anilines is 2. The SMILES string of the molecule is COc1ccc(C)cc1NC(=O)C(C)OC(=O)c1ccc(S(=O)(=O)Nc2ccccc2C)cc1. The number of esters is 1. The Balaban J connectivity index is 1.66. The fourth-order valence-corrected chi connectivity index (χ4v) is 4.23. The Morgan fingerprint density at radius 3 is 2.24 bits per heavy atom. The predicted octanol–water partition coefficient (Wildman–Crippen LogP) is 4.30. The Bertz CT molecular complexity index is 1300. The lowest BCUT2D eigenvalue weighted by atomic mass is 10.2. The molecular weight excluding hydrogens is 456 g/mol. The highest BCUT2D eigenvalue weighted by molar-refractivity contribution is 7.92. The van der Waals surface area contributed by atoms with E-state index in [0.29, 0.717) is 17.1 Å². The van der Waals surface area contributed by atoms with Crippen LogP contribution in [0, 0.1) is 13.8 Å². The zero-order chi connectivity index (χ0) is 24.9. The summed E-state index contributed by atoms with van der Waals surface area (Å²) in [4.78, 5) is 25.0. The molecule has 0 aromatic heterocycles. The molecule has 1 amide bonds.